The van der Waals surface area contributed by atoms with Crippen molar-refractivity contribution >= 4 is 15.9 Å². The zero-order valence-corrected chi connectivity index (χ0v) is 12.2. The summed E-state index contributed by atoms with van der Waals surface area (Å²) < 4.78 is 45.8. The summed E-state index contributed by atoms with van der Waals surface area (Å²) in [6.45, 7) is 0.0462. The van der Waals surface area contributed by atoms with E-state index >= 15 is 0 Å². The molecule has 0 saturated carbocycles. The molecule has 1 aromatic carbocycles. The first-order valence-corrected chi connectivity index (χ1v) is 6.88. The Balaban J connectivity index is 2.22. The second-order valence-corrected chi connectivity index (χ2v) is 4.83. The van der Waals surface area contributed by atoms with Crippen LogP contribution in [-0.2, 0) is 25.2 Å². The van der Waals surface area contributed by atoms with Gasteiger partial charge in [0, 0.05) is 24.1 Å². The van der Waals surface area contributed by atoms with Crippen LogP contribution in [0.2, 0.25) is 0 Å². The third-order valence-corrected chi connectivity index (χ3v) is 3.30. The molecule has 2 rings (SSSR count). The molecular formula is C13H12BrF3N2O. The largest absolute Gasteiger partial charge is 0.488 e. The molecule has 0 saturated heterocycles. The van der Waals surface area contributed by atoms with Gasteiger partial charge in [-0.25, -0.2) is 0 Å². The molecule has 0 aliphatic carbocycles. The first-order valence-electron chi connectivity index (χ1n) is 5.76. The Morgan fingerprint density at radius 3 is 2.60 bits per heavy atom. The smallest absolute Gasteiger partial charge is 0.419 e. The van der Waals surface area contributed by atoms with E-state index in [0.717, 1.165) is 6.07 Å². The van der Waals surface area contributed by atoms with Crippen molar-refractivity contribution in [1.29, 1.82) is 0 Å². The molecular weight excluding hydrogens is 337 g/mol. The molecule has 3 nitrogen and oxygen atoms in total. The van der Waals surface area contributed by atoms with Gasteiger partial charge >= 0.3 is 6.18 Å². The molecule has 20 heavy (non-hydrogen) atoms. The standard InChI is InChI=1S/C13H12BrF3N2O/c1-19-7-10(6-18-19)8-20-12-3-2-9(5-14)4-11(12)13(15,16)17/h2-4,6-7H,5,8H2,1H3. The first-order chi connectivity index (χ1) is 9.40. The highest BCUT2D eigenvalue weighted by Crippen LogP contribution is 2.37. The van der Waals surface area contributed by atoms with Crippen LogP contribution in [0, 0.1) is 0 Å². The van der Waals surface area contributed by atoms with Gasteiger partial charge in [0.1, 0.15) is 12.4 Å². The molecule has 0 fully saturated rings. The number of nitrogens with zero attached hydrogens (tertiary/aromatic N) is 2. The van der Waals surface area contributed by atoms with Crippen LogP contribution in [0.3, 0.4) is 0 Å². The van der Waals surface area contributed by atoms with Crippen molar-refractivity contribution in [3.05, 3.63) is 47.3 Å². The molecule has 0 aliphatic rings. The molecule has 0 unspecified atom stereocenters. The van der Waals surface area contributed by atoms with Gasteiger partial charge < -0.3 is 4.74 Å². The Bertz CT molecular complexity index is 596. The lowest BCUT2D eigenvalue weighted by Crippen LogP contribution is -2.09. The Labute approximate surface area is 122 Å². The fourth-order valence-corrected chi connectivity index (χ4v) is 2.06. The summed E-state index contributed by atoms with van der Waals surface area (Å²) in [6, 6.07) is 4.03. The van der Waals surface area contributed by atoms with Crippen molar-refractivity contribution < 1.29 is 17.9 Å². The number of aryl methyl sites for hydroxylation is 1. The van der Waals surface area contributed by atoms with Crippen LogP contribution in [0.5, 0.6) is 5.75 Å². The maximum atomic E-state index is 13.0. The highest BCUT2D eigenvalue weighted by Gasteiger charge is 2.34. The summed E-state index contributed by atoms with van der Waals surface area (Å²) in [5, 5.41) is 4.30. The molecule has 0 spiro atoms. The first kappa shape index (κ1) is 14.9. The lowest BCUT2D eigenvalue weighted by Gasteiger charge is -2.14. The van der Waals surface area contributed by atoms with Crippen LogP contribution in [-0.4, -0.2) is 9.78 Å². The Hall–Kier alpha value is -1.50. The lowest BCUT2D eigenvalue weighted by molar-refractivity contribution is -0.139. The van der Waals surface area contributed by atoms with E-state index in [1.807, 2.05) is 0 Å². The SMILES string of the molecule is Cn1cc(COc2ccc(CBr)cc2C(F)(F)F)cn1. The summed E-state index contributed by atoms with van der Waals surface area (Å²) in [7, 11) is 1.73. The molecule has 1 aromatic heterocycles. The van der Waals surface area contributed by atoms with Crippen molar-refractivity contribution in [2.24, 2.45) is 7.05 Å². The van der Waals surface area contributed by atoms with E-state index in [4.69, 9.17) is 4.74 Å². The van der Waals surface area contributed by atoms with Crippen molar-refractivity contribution in [2.45, 2.75) is 18.1 Å². The Morgan fingerprint density at radius 2 is 2.05 bits per heavy atom. The number of alkyl halides is 4. The average Bonchev–Trinajstić information content (AvgIpc) is 2.81. The van der Waals surface area contributed by atoms with E-state index < -0.39 is 11.7 Å². The molecule has 0 radical (unpaired) electrons. The summed E-state index contributed by atoms with van der Waals surface area (Å²) in [5.41, 5.74) is 0.495. The van der Waals surface area contributed by atoms with Gasteiger partial charge in [0.2, 0.25) is 0 Å². The highest BCUT2D eigenvalue weighted by molar-refractivity contribution is 9.08. The number of halogens is 4. The third-order valence-electron chi connectivity index (χ3n) is 2.66. The minimum atomic E-state index is -4.44. The van der Waals surface area contributed by atoms with Gasteiger partial charge in [0.15, 0.2) is 0 Å². The highest BCUT2D eigenvalue weighted by atomic mass is 79.9. The molecule has 0 atom stereocenters. The number of hydrogen-bond acceptors (Lipinski definition) is 2. The van der Waals surface area contributed by atoms with Gasteiger partial charge in [0.05, 0.1) is 11.8 Å². The van der Waals surface area contributed by atoms with Crippen LogP contribution < -0.4 is 4.74 Å². The second-order valence-electron chi connectivity index (χ2n) is 4.27. The fourth-order valence-electron chi connectivity index (χ4n) is 1.72. The van der Waals surface area contributed by atoms with Crippen LogP contribution in [0.1, 0.15) is 16.7 Å². The van der Waals surface area contributed by atoms with E-state index in [1.54, 1.807) is 30.2 Å². The van der Waals surface area contributed by atoms with Gasteiger partial charge in [-0.1, -0.05) is 22.0 Å². The van der Waals surface area contributed by atoms with Crippen molar-refractivity contribution in [2.75, 3.05) is 0 Å². The van der Waals surface area contributed by atoms with Gasteiger partial charge in [-0.15, -0.1) is 0 Å². The minimum Gasteiger partial charge on any atom is -0.488 e. The van der Waals surface area contributed by atoms with E-state index in [2.05, 4.69) is 21.0 Å². The van der Waals surface area contributed by atoms with E-state index in [9.17, 15) is 13.2 Å². The van der Waals surface area contributed by atoms with E-state index in [1.165, 1.54) is 6.07 Å². The predicted molar refractivity (Wildman–Crippen MR) is 71.6 cm³/mol. The number of aromatic nitrogens is 2. The van der Waals surface area contributed by atoms with Crippen LogP contribution >= 0.6 is 15.9 Å². The van der Waals surface area contributed by atoms with E-state index in [-0.39, 0.29) is 12.4 Å². The normalized spacial score (nSPS) is 11.7. The number of benzene rings is 1. The second kappa shape index (κ2) is 5.87. The maximum absolute atomic E-state index is 13.0. The molecule has 0 N–H and O–H groups in total. The van der Waals surface area contributed by atoms with Crippen molar-refractivity contribution in [1.82, 2.24) is 9.78 Å². The fraction of sp³-hybridized carbons (Fsp3) is 0.308. The predicted octanol–water partition coefficient (Wildman–Crippen LogP) is 3.91. The van der Waals surface area contributed by atoms with Crippen LogP contribution in [0.25, 0.3) is 0 Å². The lowest BCUT2D eigenvalue weighted by atomic mass is 10.1. The molecule has 0 aliphatic heterocycles. The Kier molecular flexibility index (Phi) is 4.37. The zero-order chi connectivity index (χ0) is 14.8. The number of hydrogen-bond donors (Lipinski definition) is 0. The van der Waals surface area contributed by atoms with Crippen LogP contribution in [0.15, 0.2) is 30.6 Å². The maximum Gasteiger partial charge on any atom is 0.419 e. The molecule has 0 amide bonds. The molecule has 2 aromatic rings. The van der Waals surface area contributed by atoms with Crippen molar-refractivity contribution in [3.63, 3.8) is 0 Å². The summed E-state index contributed by atoms with van der Waals surface area (Å²) in [4.78, 5) is 0. The summed E-state index contributed by atoms with van der Waals surface area (Å²) >= 11 is 3.14. The monoisotopic (exact) mass is 348 g/mol. The molecule has 108 valence electrons. The van der Waals surface area contributed by atoms with Crippen LogP contribution in [0.4, 0.5) is 13.2 Å². The zero-order valence-electron chi connectivity index (χ0n) is 10.6. The molecule has 1 heterocycles. The van der Waals surface area contributed by atoms with E-state index in [0.29, 0.717) is 16.5 Å². The van der Waals surface area contributed by atoms with Gasteiger partial charge in [-0.05, 0) is 17.7 Å². The molecule has 7 heteroatoms. The number of ether oxygens (including phenoxy) is 1. The quantitative estimate of drug-likeness (QED) is 0.783. The van der Waals surface area contributed by atoms with Crippen molar-refractivity contribution in [3.8, 4) is 5.75 Å². The minimum absolute atomic E-state index is 0.0462. The van der Waals surface area contributed by atoms with Gasteiger partial charge in [0.25, 0.3) is 0 Å². The summed E-state index contributed by atoms with van der Waals surface area (Å²) in [5.74, 6) is -0.175. The van der Waals surface area contributed by atoms with Gasteiger partial charge in [-0.3, -0.25) is 4.68 Å². The third kappa shape index (κ3) is 3.53. The summed E-state index contributed by atoms with van der Waals surface area (Å²) in [6.07, 6.45) is -1.19. The average molecular weight is 349 g/mol. The topological polar surface area (TPSA) is 27.1 Å². The molecule has 0 bridgehead atoms. The van der Waals surface area contributed by atoms with Gasteiger partial charge in [-0.2, -0.15) is 18.3 Å². The number of rotatable bonds is 4. The Morgan fingerprint density at radius 1 is 1.30 bits per heavy atom.